The van der Waals surface area contributed by atoms with Crippen molar-refractivity contribution in [3.05, 3.63) is 24.3 Å². The fraction of sp³-hybridized carbons (Fsp3) is 0.857. The molecule has 1 atom stereocenters. The second-order valence-corrected chi connectivity index (χ2v) is 16.7. The van der Waals surface area contributed by atoms with Crippen LogP contribution in [0.1, 0.15) is 207 Å². The first-order valence-electron chi connectivity index (χ1n) is 24.2. The Balaban J connectivity index is 2.49. The zero-order valence-electron chi connectivity index (χ0n) is 37.7. The zero-order valence-corrected chi connectivity index (χ0v) is 37.7. The highest BCUT2D eigenvalue weighted by Gasteiger charge is 2.25. The third-order valence-corrected chi connectivity index (χ3v) is 11.3. The van der Waals surface area contributed by atoms with Crippen LogP contribution in [0.4, 0.5) is 0 Å². The Morgan fingerprint density at radius 1 is 0.586 bits per heavy atom. The Morgan fingerprint density at radius 3 is 1.60 bits per heavy atom. The number of esters is 2. The fourth-order valence-corrected chi connectivity index (χ4v) is 7.27. The van der Waals surface area contributed by atoms with Gasteiger partial charge in [-0.05, 0) is 90.3 Å². The molecule has 1 heterocycles. The lowest BCUT2D eigenvalue weighted by Gasteiger charge is -2.31. The van der Waals surface area contributed by atoms with Gasteiger partial charge in [-0.25, -0.2) is 0 Å². The molecule has 0 bridgehead atoms. The lowest BCUT2D eigenvalue weighted by molar-refractivity contribution is -0.161. The number of rotatable bonds is 41. The number of hydrogen-bond donors (Lipinski definition) is 1. The summed E-state index contributed by atoms with van der Waals surface area (Å²) < 4.78 is 23.8. The summed E-state index contributed by atoms with van der Waals surface area (Å²) in [6.45, 7) is 10.6. The molecule has 1 N–H and O–H groups in total. The van der Waals surface area contributed by atoms with Gasteiger partial charge in [-0.15, -0.1) is 0 Å². The highest BCUT2D eigenvalue weighted by Crippen LogP contribution is 2.19. The number of carboxylic acid groups (broad SMARTS) is 1. The zero-order chi connectivity index (χ0) is 42.2. The number of allylic oxidation sites excluding steroid dienone is 4. The van der Waals surface area contributed by atoms with Crippen molar-refractivity contribution in [1.29, 1.82) is 0 Å². The molecule has 1 fully saturated rings. The summed E-state index contributed by atoms with van der Waals surface area (Å²) in [5.41, 5.74) is 0. The SMILES string of the molecule is CCCCC/C=C\C/C=C\CCCCCCCC(=O)OC[C@H](CCN1CCC(C(=O)O)CC1)COC(=O)CCC(OCCCCCCCC)OCCCCCCCC. The fourth-order valence-electron chi connectivity index (χ4n) is 7.27. The predicted molar refractivity (Wildman–Crippen MR) is 238 cm³/mol. The van der Waals surface area contributed by atoms with Gasteiger partial charge in [0.1, 0.15) is 0 Å². The smallest absolute Gasteiger partial charge is 0.306 e. The van der Waals surface area contributed by atoms with E-state index in [9.17, 15) is 19.5 Å². The van der Waals surface area contributed by atoms with Gasteiger partial charge in [-0.1, -0.05) is 141 Å². The number of likely N-dealkylation sites (tertiary alicyclic amines) is 1. The average Bonchev–Trinajstić information content (AvgIpc) is 3.22. The van der Waals surface area contributed by atoms with Crippen molar-refractivity contribution in [3.63, 3.8) is 0 Å². The maximum Gasteiger partial charge on any atom is 0.306 e. The molecule has 0 spiro atoms. The molecule has 9 heteroatoms. The van der Waals surface area contributed by atoms with Gasteiger partial charge in [0.05, 0.1) is 25.6 Å². The number of aliphatic carboxylic acids is 1. The maximum atomic E-state index is 13.0. The van der Waals surface area contributed by atoms with Gasteiger partial charge in [0.2, 0.25) is 0 Å². The largest absolute Gasteiger partial charge is 0.481 e. The number of unbranched alkanes of at least 4 members (excludes halogenated alkanes) is 18. The lowest BCUT2D eigenvalue weighted by atomic mass is 9.96. The molecule has 1 saturated heterocycles. The average molecular weight is 820 g/mol. The van der Waals surface area contributed by atoms with Crippen LogP contribution in [-0.4, -0.2) is 80.3 Å². The van der Waals surface area contributed by atoms with E-state index in [1.54, 1.807) is 0 Å². The van der Waals surface area contributed by atoms with E-state index in [0.29, 0.717) is 45.3 Å². The molecule has 0 unspecified atom stereocenters. The topological polar surface area (TPSA) is 112 Å². The van der Waals surface area contributed by atoms with Crippen LogP contribution in [0.5, 0.6) is 0 Å². The van der Waals surface area contributed by atoms with Crippen LogP contribution >= 0.6 is 0 Å². The highest BCUT2D eigenvalue weighted by atomic mass is 16.7. The van der Waals surface area contributed by atoms with Crippen molar-refractivity contribution in [2.75, 3.05) is 46.1 Å². The molecule has 0 amide bonds. The Morgan fingerprint density at radius 2 is 1.05 bits per heavy atom. The Labute approximate surface area is 355 Å². The molecule has 9 nitrogen and oxygen atoms in total. The molecule has 58 heavy (non-hydrogen) atoms. The number of piperidine rings is 1. The number of hydrogen-bond acceptors (Lipinski definition) is 8. The summed E-state index contributed by atoms with van der Waals surface area (Å²) in [7, 11) is 0. The first kappa shape index (κ1) is 53.8. The molecule has 1 rings (SSSR count). The van der Waals surface area contributed by atoms with Gasteiger partial charge in [0.25, 0.3) is 0 Å². The van der Waals surface area contributed by atoms with Gasteiger partial charge in [-0.3, -0.25) is 14.4 Å². The van der Waals surface area contributed by atoms with Crippen molar-refractivity contribution in [2.45, 2.75) is 213 Å². The minimum atomic E-state index is -0.719. The monoisotopic (exact) mass is 820 g/mol. The minimum absolute atomic E-state index is 0.126. The summed E-state index contributed by atoms with van der Waals surface area (Å²) in [5, 5.41) is 9.39. The molecule has 338 valence electrons. The van der Waals surface area contributed by atoms with Gasteiger partial charge in [0, 0.05) is 32.0 Å². The van der Waals surface area contributed by atoms with Crippen molar-refractivity contribution in [3.8, 4) is 0 Å². The van der Waals surface area contributed by atoms with Crippen molar-refractivity contribution in [1.82, 2.24) is 4.90 Å². The molecule has 0 saturated carbocycles. The molecule has 1 aliphatic rings. The second-order valence-electron chi connectivity index (χ2n) is 16.7. The van der Waals surface area contributed by atoms with Crippen LogP contribution in [0.3, 0.4) is 0 Å². The second kappa shape index (κ2) is 40.2. The predicted octanol–water partition coefficient (Wildman–Crippen LogP) is 12.5. The van der Waals surface area contributed by atoms with Gasteiger partial charge in [-0.2, -0.15) is 0 Å². The third kappa shape index (κ3) is 33.6. The molecule has 1 aliphatic heterocycles. The van der Waals surface area contributed by atoms with E-state index in [4.69, 9.17) is 18.9 Å². The van der Waals surface area contributed by atoms with Crippen LogP contribution in [0.15, 0.2) is 24.3 Å². The molecule has 0 aromatic carbocycles. The third-order valence-electron chi connectivity index (χ3n) is 11.3. The molecule has 0 aromatic heterocycles. The molecule has 0 aromatic rings. The van der Waals surface area contributed by atoms with E-state index in [1.807, 2.05) is 0 Å². The van der Waals surface area contributed by atoms with E-state index in [0.717, 1.165) is 77.4 Å². The number of carbonyl (C=O) groups is 3. The summed E-state index contributed by atoms with van der Waals surface area (Å²) >= 11 is 0. The first-order valence-corrected chi connectivity index (χ1v) is 24.2. The van der Waals surface area contributed by atoms with Crippen LogP contribution in [0.2, 0.25) is 0 Å². The number of ether oxygens (including phenoxy) is 4. The van der Waals surface area contributed by atoms with Crippen molar-refractivity contribution < 1.29 is 38.4 Å². The van der Waals surface area contributed by atoms with Gasteiger partial charge in [0.15, 0.2) is 6.29 Å². The van der Waals surface area contributed by atoms with Crippen LogP contribution in [0, 0.1) is 11.8 Å². The summed E-state index contributed by atoms with van der Waals surface area (Å²) in [4.78, 5) is 39.4. The van der Waals surface area contributed by atoms with Gasteiger partial charge >= 0.3 is 17.9 Å². The summed E-state index contributed by atoms with van der Waals surface area (Å²) in [6.07, 6.45) is 38.5. The van der Waals surface area contributed by atoms with Crippen LogP contribution in [0.25, 0.3) is 0 Å². The van der Waals surface area contributed by atoms with E-state index >= 15 is 0 Å². The Kier molecular flexibility index (Phi) is 37.3. The normalized spacial score (nSPS) is 14.6. The van der Waals surface area contributed by atoms with Crippen molar-refractivity contribution in [2.24, 2.45) is 11.8 Å². The summed E-state index contributed by atoms with van der Waals surface area (Å²) in [5.74, 6) is -1.62. The number of nitrogens with zero attached hydrogens (tertiary/aromatic N) is 1. The molecular weight excluding hydrogens is 731 g/mol. The van der Waals surface area contributed by atoms with E-state index in [2.05, 4.69) is 50.0 Å². The van der Waals surface area contributed by atoms with Crippen molar-refractivity contribution >= 4 is 17.9 Å². The maximum absolute atomic E-state index is 13.0. The quantitative estimate of drug-likeness (QED) is 0.0279. The van der Waals surface area contributed by atoms with Crippen LogP contribution in [-0.2, 0) is 33.3 Å². The van der Waals surface area contributed by atoms with Crippen LogP contribution < -0.4 is 0 Å². The molecular formula is C49H89NO8. The summed E-state index contributed by atoms with van der Waals surface area (Å²) in [6, 6.07) is 0. The minimum Gasteiger partial charge on any atom is -0.481 e. The number of carboxylic acids is 1. The highest BCUT2D eigenvalue weighted by molar-refractivity contribution is 5.70. The van der Waals surface area contributed by atoms with Gasteiger partial charge < -0.3 is 29.0 Å². The standard InChI is InChI=1S/C49H89NO8/c1-4-7-10-13-16-17-18-19-20-21-22-23-24-25-28-31-46(51)57-42-44(34-37-50-38-35-45(36-39-50)49(53)54)43-58-47(52)32-33-48(55-40-29-26-14-11-8-5-2)56-41-30-27-15-12-9-6-3/h16-17,19-20,44-45,48H,4-15,18,21-43H2,1-3H3,(H,53,54)/b17-16-,20-19-/t44-/m0/s1. The Hall–Kier alpha value is -2.23. The lowest BCUT2D eigenvalue weighted by Crippen LogP contribution is -2.38. The first-order chi connectivity index (χ1) is 28.4. The van der Waals surface area contributed by atoms with E-state index in [-0.39, 0.29) is 43.4 Å². The van der Waals surface area contributed by atoms with E-state index in [1.165, 1.54) is 89.9 Å². The molecule has 0 aliphatic carbocycles. The Bertz CT molecular complexity index is 1010. The molecule has 0 radical (unpaired) electrons. The number of carbonyl (C=O) groups excluding carboxylic acids is 2. The van der Waals surface area contributed by atoms with E-state index < -0.39 is 12.3 Å².